The Morgan fingerprint density at radius 1 is 1.17 bits per heavy atom. The van der Waals surface area contributed by atoms with Crippen molar-refractivity contribution in [1.29, 1.82) is 0 Å². The molecule has 4 heteroatoms. The number of unbranched alkanes of at least 4 members (excludes halogenated alkanes) is 1. The summed E-state index contributed by atoms with van der Waals surface area (Å²) in [5.74, 6) is 0.256. The van der Waals surface area contributed by atoms with Crippen LogP contribution in [0.25, 0.3) is 5.57 Å². The summed E-state index contributed by atoms with van der Waals surface area (Å²) >= 11 is 7.78. The smallest absolute Gasteiger partial charge is 0.131 e. The van der Waals surface area contributed by atoms with Crippen LogP contribution in [0, 0.1) is 0 Å². The van der Waals surface area contributed by atoms with Gasteiger partial charge in [0.25, 0.3) is 0 Å². The van der Waals surface area contributed by atoms with Crippen LogP contribution in [0.2, 0.25) is 5.02 Å². The van der Waals surface area contributed by atoms with Crippen molar-refractivity contribution in [2.24, 2.45) is 0 Å². The molecule has 3 rings (SSSR count). The van der Waals surface area contributed by atoms with Gasteiger partial charge in [0.2, 0.25) is 0 Å². The first-order valence-corrected chi connectivity index (χ1v) is 8.90. The van der Waals surface area contributed by atoms with Crippen LogP contribution in [0.15, 0.2) is 52.3 Å². The average molecular weight is 346 g/mol. The van der Waals surface area contributed by atoms with E-state index in [1.165, 1.54) is 16.0 Å². The minimum Gasteiger partial charge on any atom is -0.507 e. The number of phenols is 1. The largest absolute Gasteiger partial charge is 0.507 e. The number of phenolic OH excluding ortho intramolecular Hbond substituents is 1. The third-order valence-electron chi connectivity index (χ3n) is 3.87. The van der Waals surface area contributed by atoms with Crippen molar-refractivity contribution < 1.29 is 5.11 Å². The molecule has 0 radical (unpaired) electrons. The van der Waals surface area contributed by atoms with Gasteiger partial charge in [0.1, 0.15) is 5.75 Å². The Morgan fingerprint density at radius 3 is 2.74 bits per heavy atom. The molecule has 0 saturated carbocycles. The van der Waals surface area contributed by atoms with Crippen LogP contribution in [-0.2, 0) is 0 Å². The monoisotopic (exact) mass is 345 g/mol. The molecule has 0 bridgehead atoms. The van der Waals surface area contributed by atoms with E-state index in [0.717, 1.165) is 29.8 Å². The van der Waals surface area contributed by atoms with Gasteiger partial charge < -0.3 is 10.0 Å². The number of nitrogens with zero attached hydrogens (tertiary/aromatic N) is 1. The maximum absolute atomic E-state index is 10.3. The normalized spacial score (nSPS) is 14.9. The number of allylic oxidation sites excluding steroid dienone is 1. The molecule has 0 fully saturated rings. The molecule has 0 amide bonds. The molecule has 2 aromatic rings. The summed E-state index contributed by atoms with van der Waals surface area (Å²) in [6.07, 6.45) is 4.38. The second kappa shape index (κ2) is 7.00. The summed E-state index contributed by atoms with van der Waals surface area (Å²) in [6, 6.07) is 11.9. The quantitative estimate of drug-likeness (QED) is 0.650. The first-order valence-electron chi connectivity index (χ1n) is 7.71. The Morgan fingerprint density at radius 2 is 1.96 bits per heavy atom. The van der Waals surface area contributed by atoms with Gasteiger partial charge in [0.15, 0.2) is 0 Å². The molecule has 0 spiro atoms. The molecule has 1 aliphatic rings. The Hall–Kier alpha value is -1.42. The van der Waals surface area contributed by atoms with Crippen molar-refractivity contribution in [2.75, 3.05) is 20.6 Å². The fourth-order valence-corrected chi connectivity index (χ4v) is 4.10. The average Bonchev–Trinajstić information content (AvgIpc) is 2.51. The van der Waals surface area contributed by atoms with Gasteiger partial charge in [0.05, 0.1) is 4.90 Å². The van der Waals surface area contributed by atoms with Gasteiger partial charge in [-0.05, 0) is 62.8 Å². The molecule has 0 aromatic heterocycles. The van der Waals surface area contributed by atoms with Gasteiger partial charge >= 0.3 is 0 Å². The minimum atomic E-state index is 0.256. The summed E-state index contributed by atoms with van der Waals surface area (Å²) < 4.78 is 0. The first kappa shape index (κ1) is 16.4. The van der Waals surface area contributed by atoms with E-state index in [1.54, 1.807) is 17.8 Å². The molecule has 120 valence electrons. The number of rotatable bonds is 4. The van der Waals surface area contributed by atoms with Crippen molar-refractivity contribution in [3.8, 4) is 5.75 Å². The summed E-state index contributed by atoms with van der Waals surface area (Å²) in [5, 5.41) is 10.9. The van der Waals surface area contributed by atoms with Gasteiger partial charge in [-0.3, -0.25) is 0 Å². The Labute approximate surface area is 146 Å². The number of hydrogen-bond acceptors (Lipinski definition) is 3. The van der Waals surface area contributed by atoms with Gasteiger partial charge in [-0.15, -0.1) is 0 Å². The molecule has 0 aliphatic carbocycles. The molecule has 0 unspecified atom stereocenters. The fourth-order valence-electron chi connectivity index (χ4n) is 2.79. The summed E-state index contributed by atoms with van der Waals surface area (Å²) in [5.41, 5.74) is 3.42. The van der Waals surface area contributed by atoms with Gasteiger partial charge in [-0.25, -0.2) is 0 Å². The van der Waals surface area contributed by atoms with Crippen LogP contribution in [-0.4, -0.2) is 30.6 Å². The lowest BCUT2D eigenvalue weighted by Crippen LogP contribution is -2.12. The zero-order valence-corrected chi connectivity index (χ0v) is 14.9. The van der Waals surface area contributed by atoms with Crippen molar-refractivity contribution in [1.82, 2.24) is 4.90 Å². The van der Waals surface area contributed by atoms with Crippen LogP contribution < -0.4 is 0 Å². The molecule has 23 heavy (non-hydrogen) atoms. The Kier molecular flexibility index (Phi) is 5.00. The van der Waals surface area contributed by atoms with Crippen LogP contribution >= 0.6 is 23.4 Å². The summed E-state index contributed by atoms with van der Waals surface area (Å²) in [4.78, 5) is 4.27. The second-order valence-corrected chi connectivity index (χ2v) is 7.45. The van der Waals surface area contributed by atoms with Gasteiger partial charge in [-0.2, -0.15) is 0 Å². The topological polar surface area (TPSA) is 23.5 Å². The van der Waals surface area contributed by atoms with Gasteiger partial charge in [-0.1, -0.05) is 47.6 Å². The van der Waals surface area contributed by atoms with Crippen LogP contribution in [0.3, 0.4) is 0 Å². The first-order chi connectivity index (χ1) is 11.1. The van der Waals surface area contributed by atoms with E-state index in [2.05, 4.69) is 43.3 Å². The third kappa shape index (κ3) is 3.57. The van der Waals surface area contributed by atoms with Crippen LogP contribution in [0.1, 0.15) is 24.0 Å². The SMILES string of the molecule is CN(C)CCC/C=C1\c2ccccc2Sc2c(O)cc(Cl)cc21. The molecular weight excluding hydrogens is 326 g/mol. The minimum absolute atomic E-state index is 0.256. The lowest BCUT2D eigenvalue weighted by atomic mass is 9.95. The Bertz CT molecular complexity index is 755. The van der Waals surface area contributed by atoms with Gasteiger partial charge in [0, 0.05) is 15.5 Å². The maximum atomic E-state index is 10.3. The van der Waals surface area contributed by atoms with E-state index in [9.17, 15) is 5.11 Å². The Balaban J connectivity index is 2.02. The highest BCUT2D eigenvalue weighted by molar-refractivity contribution is 7.99. The second-order valence-electron chi connectivity index (χ2n) is 5.96. The molecule has 2 aromatic carbocycles. The van der Waals surface area contributed by atoms with E-state index in [-0.39, 0.29) is 5.75 Å². The molecule has 2 nitrogen and oxygen atoms in total. The zero-order chi connectivity index (χ0) is 16.4. The number of hydrogen-bond donors (Lipinski definition) is 1. The van der Waals surface area contributed by atoms with Crippen molar-refractivity contribution in [3.05, 3.63) is 58.6 Å². The van der Waals surface area contributed by atoms with Crippen molar-refractivity contribution in [2.45, 2.75) is 22.6 Å². The molecule has 0 atom stereocenters. The predicted octanol–water partition coefficient (Wildman–Crippen LogP) is 5.28. The zero-order valence-electron chi connectivity index (χ0n) is 13.3. The molecular formula is C19H20ClNOS. The van der Waals surface area contributed by atoms with Crippen molar-refractivity contribution >= 4 is 28.9 Å². The number of aromatic hydroxyl groups is 1. The summed E-state index contributed by atoms with van der Waals surface area (Å²) in [6.45, 7) is 1.06. The van der Waals surface area contributed by atoms with Crippen LogP contribution in [0.4, 0.5) is 0 Å². The molecule has 1 aliphatic heterocycles. The van der Waals surface area contributed by atoms with E-state index < -0.39 is 0 Å². The highest BCUT2D eigenvalue weighted by Gasteiger charge is 2.23. The number of benzene rings is 2. The van der Waals surface area contributed by atoms with E-state index in [1.807, 2.05) is 12.1 Å². The lowest BCUT2D eigenvalue weighted by Gasteiger charge is -2.23. The lowest BCUT2D eigenvalue weighted by molar-refractivity contribution is 0.402. The summed E-state index contributed by atoms with van der Waals surface area (Å²) in [7, 11) is 4.18. The van der Waals surface area contributed by atoms with Crippen molar-refractivity contribution in [3.63, 3.8) is 0 Å². The molecule has 0 saturated heterocycles. The fraction of sp³-hybridized carbons (Fsp3) is 0.263. The highest BCUT2D eigenvalue weighted by atomic mass is 35.5. The predicted molar refractivity (Wildman–Crippen MR) is 98.5 cm³/mol. The number of fused-ring (bicyclic) bond motifs is 2. The van der Waals surface area contributed by atoms with E-state index in [0.29, 0.717) is 5.02 Å². The number of halogens is 1. The maximum Gasteiger partial charge on any atom is 0.131 e. The molecule has 1 N–H and O–H groups in total. The molecule has 1 heterocycles. The van der Waals surface area contributed by atoms with Crippen LogP contribution in [0.5, 0.6) is 5.75 Å². The van der Waals surface area contributed by atoms with E-state index in [4.69, 9.17) is 11.6 Å². The highest BCUT2D eigenvalue weighted by Crippen LogP contribution is 2.49. The standard InChI is InChI=1S/C19H20ClNOS/c1-21(2)10-6-5-7-14-15-8-3-4-9-18(15)23-19-16(14)11-13(20)12-17(19)22/h3-4,7-9,11-12,22H,5-6,10H2,1-2H3/b14-7+. The van der Waals surface area contributed by atoms with E-state index >= 15 is 0 Å². The third-order valence-corrected chi connectivity index (χ3v) is 5.30.